The van der Waals surface area contributed by atoms with Crippen molar-refractivity contribution < 1.29 is 5.11 Å². The molecular formula is C30H52O. The Labute approximate surface area is 194 Å². The minimum absolute atomic E-state index is 0.288. The molecule has 178 valence electrons. The summed E-state index contributed by atoms with van der Waals surface area (Å²) in [4.78, 5) is 0. The zero-order valence-electron chi connectivity index (χ0n) is 22.1. The third-order valence-corrected chi connectivity index (χ3v) is 8.83. The Morgan fingerprint density at radius 3 is 2.00 bits per heavy atom. The zero-order chi connectivity index (χ0) is 23.3. The molecule has 0 aromatic heterocycles. The van der Waals surface area contributed by atoms with Gasteiger partial charge in [-0.1, -0.05) is 62.1 Å². The Morgan fingerprint density at radius 2 is 1.39 bits per heavy atom. The molecule has 0 spiro atoms. The topological polar surface area (TPSA) is 20.2 Å². The van der Waals surface area contributed by atoms with Crippen LogP contribution in [-0.4, -0.2) is 10.7 Å². The number of fused-ring (bicyclic) bond motifs is 1. The molecular weight excluding hydrogens is 376 g/mol. The van der Waals surface area contributed by atoms with Gasteiger partial charge in [-0.05, 0) is 121 Å². The van der Waals surface area contributed by atoms with Crippen molar-refractivity contribution in [1.82, 2.24) is 0 Å². The summed E-state index contributed by atoms with van der Waals surface area (Å²) in [6.07, 6.45) is 20.3. The van der Waals surface area contributed by atoms with E-state index in [2.05, 4.69) is 73.6 Å². The first-order valence-electron chi connectivity index (χ1n) is 13.1. The quantitative estimate of drug-likeness (QED) is 0.363. The van der Waals surface area contributed by atoms with Gasteiger partial charge in [0.05, 0.1) is 5.60 Å². The average Bonchev–Trinajstić information content (AvgIpc) is 2.62. The van der Waals surface area contributed by atoms with Gasteiger partial charge < -0.3 is 5.11 Å². The second-order valence-electron chi connectivity index (χ2n) is 12.4. The minimum atomic E-state index is -0.508. The van der Waals surface area contributed by atoms with Gasteiger partial charge in [0.2, 0.25) is 0 Å². The van der Waals surface area contributed by atoms with Crippen molar-refractivity contribution in [3.8, 4) is 0 Å². The van der Waals surface area contributed by atoms with Crippen LogP contribution >= 0.6 is 0 Å². The summed E-state index contributed by atoms with van der Waals surface area (Å²) in [5.74, 6) is 1.17. The van der Waals surface area contributed by atoms with E-state index in [1.807, 2.05) is 0 Å². The molecule has 0 aromatic rings. The van der Waals surface area contributed by atoms with E-state index in [0.29, 0.717) is 11.3 Å². The predicted molar refractivity (Wildman–Crippen MR) is 137 cm³/mol. The van der Waals surface area contributed by atoms with Crippen LogP contribution in [-0.2, 0) is 0 Å². The Kier molecular flexibility index (Phi) is 9.26. The third-order valence-electron chi connectivity index (χ3n) is 8.83. The molecule has 1 N–H and O–H groups in total. The molecule has 2 fully saturated rings. The molecule has 2 rings (SSSR count). The standard InChI is InChI=1S/C30H52O/c1-23(2)13-9-14-24(3)15-10-16-25(4)17-11-18-27-29(7)21-12-20-28(5,6)26(29)19-22-30(27,8)31/h13,15,17,26-27,31H,9-12,14,16,18-22H2,1-8H3/b24-15+,25-17+/t26-,27-,29+,30-/m1/s1. The van der Waals surface area contributed by atoms with Gasteiger partial charge in [-0.2, -0.15) is 0 Å². The molecule has 31 heavy (non-hydrogen) atoms. The lowest BCUT2D eigenvalue weighted by molar-refractivity contribution is -0.168. The Hall–Kier alpha value is -0.820. The molecule has 0 bridgehead atoms. The molecule has 2 aliphatic carbocycles. The summed E-state index contributed by atoms with van der Waals surface area (Å²) in [5, 5.41) is 11.3. The Balaban J connectivity index is 1.91. The van der Waals surface area contributed by atoms with Crippen LogP contribution in [0.25, 0.3) is 0 Å². The van der Waals surface area contributed by atoms with Crippen molar-refractivity contribution in [3.05, 3.63) is 34.9 Å². The van der Waals surface area contributed by atoms with Gasteiger partial charge in [0.25, 0.3) is 0 Å². The fourth-order valence-electron chi connectivity index (χ4n) is 7.10. The van der Waals surface area contributed by atoms with Gasteiger partial charge in [-0.25, -0.2) is 0 Å². The average molecular weight is 429 g/mol. The van der Waals surface area contributed by atoms with Crippen LogP contribution < -0.4 is 0 Å². The molecule has 0 amide bonds. The summed E-state index contributed by atoms with van der Waals surface area (Å²) in [6.45, 7) is 18.5. The van der Waals surface area contributed by atoms with Crippen LogP contribution in [0.15, 0.2) is 34.9 Å². The van der Waals surface area contributed by atoms with E-state index < -0.39 is 5.60 Å². The first-order chi connectivity index (χ1) is 14.4. The van der Waals surface area contributed by atoms with Crippen molar-refractivity contribution in [2.24, 2.45) is 22.7 Å². The van der Waals surface area contributed by atoms with Gasteiger partial charge in [-0.15, -0.1) is 0 Å². The number of rotatable bonds is 9. The van der Waals surface area contributed by atoms with Crippen LogP contribution in [0.3, 0.4) is 0 Å². The molecule has 0 radical (unpaired) electrons. The molecule has 0 saturated heterocycles. The minimum Gasteiger partial charge on any atom is -0.390 e. The highest BCUT2D eigenvalue weighted by Crippen LogP contribution is 2.62. The normalized spacial score (nSPS) is 33.7. The maximum absolute atomic E-state index is 11.3. The highest BCUT2D eigenvalue weighted by atomic mass is 16.3. The molecule has 4 atom stereocenters. The highest BCUT2D eigenvalue weighted by molar-refractivity contribution is 5.09. The van der Waals surface area contributed by atoms with Crippen LogP contribution in [0.1, 0.15) is 126 Å². The van der Waals surface area contributed by atoms with E-state index in [1.54, 1.807) is 0 Å². The van der Waals surface area contributed by atoms with E-state index in [-0.39, 0.29) is 5.41 Å². The second kappa shape index (κ2) is 10.9. The maximum atomic E-state index is 11.3. The van der Waals surface area contributed by atoms with Crippen LogP contribution in [0, 0.1) is 22.7 Å². The number of hydrogen-bond donors (Lipinski definition) is 1. The molecule has 1 heteroatoms. The van der Waals surface area contributed by atoms with Gasteiger partial charge in [-0.3, -0.25) is 0 Å². The lowest BCUT2D eigenvalue weighted by Crippen LogP contribution is -2.57. The fraction of sp³-hybridized carbons (Fsp3) is 0.800. The lowest BCUT2D eigenvalue weighted by Gasteiger charge is -2.61. The number of allylic oxidation sites excluding steroid dienone is 6. The summed E-state index contributed by atoms with van der Waals surface area (Å²) < 4.78 is 0. The van der Waals surface area contributed by atoms with Crippen molar-refractivity contribution >= 4 is 0 Å². The van der Waals surface area contributed by atoms with E-state index in [9.17, 15) is 5.11 Å². The predicted octanol–water partition coefficient (Wildman–Crippen LogP) is 9.18. The fourth-order valence-corrected chi connectivity index (χ4v) is 7.10. The largest absolute Gasteiger partial charge is 0.390 e. The Morgan fingerprint density at radius 1 is 0.806 bits per heavy atom. The third kappa shape index (κ3) is 7.08. The first kappa shape index (κ1) is 26.4. The van der Waals surface area contributed by atoms with E-state index in [1.165, 1.54) is 48.8 Å². The lowest BCUT2D eigenvalue weighted by atomic mass is 9.45. The van der Waals surface area contributed by atoms with Crippen LogP contribution in [0.4, 0.5) is 0 Å². The summed E-state index contributed by atoms with van der Waals surface area (Å²) in [6, 6.07) is 0. The monoisotopic (exact) mass is 428 g/mol. The maximum Gasteiger partial charge on any atom is 0.0653 e. The first-order valence-corrected chi connectivity index (χ1v) is 13.1. The van der Waals surface area contributed by atoms with Gasteiger partial charge in [0, 0.05) is 0 Å². The van der Waals surface area contributed by atoms with Gasteiger partial charge >= 0.3 is 0 Å². The van der Waals surface area contributed by atoms with Crippen LogP contribution in [0.2, 0.25) is 0 Å². The molecule has 2 aliphatic rings. The Bertz CT molecular complexity index is 671. The van der Waals surface area contributed by atoms with Gasteiger partial charge in [0.15, 0.2) is 0 Å². The van der Waals surface area contributed by atoms with Gasteiger partial charge in [0.1, 0.15) is 0 Å². The molecule has 0 aromatic carbocycles. The van der Waals surface area contributed by atoms with E-state index in [4.69, 9.17) is 0 Å². The highest BCUT2D eigenvalue weighted by Gasteiger charge is 2.57. The summed E-state index contributed by atoms with van der Waals surface area (Å²) in [5.41, 5.74) is 4.64. The molecule has 1 nitrogen and oxygen atoms in total. The molecule has 0 heterocycles. The SMILES string of the molecule is CC(C)=CCC/C(C)=C/CC/C(C)=C/CC[C@@H]1[C@@]2(C)CCCC(C)(C)[C@H]2CC[C@@]1(C)O. The van der Waals surface area contributed by atoms with Crippen molar-refractivity contribution in [2.75, 3.05) is 0 Å². The molecule has 2 saturated carbocycles. The molecule has 0 aliphatic heterocycles. The zero-order valence-corrected chi connectivity index (χ0v) is 22.1. The summed E-state index contributed by atoms with van der Waals surface area (Å²) >= 11 is 0. The number of aliphatic hydroxyl groups is 1. The summed E-state index contributed by atoms with van der Waals surface area (Å²) in [7, 11) is 0. The van der Waals surface area contributed by atoms with Crippen LogP contribution in [0.5, 0.6) is 0 Å². The van der Waals surface area contributed by atoms with Crippen molar-refractivity contribution in [3.63, 3.8) is 0 Å². The number of hydrogen-bond acceptors (Lipinski definition) is 1. The smallest absolute Gasteiger partial charge is 0.0653 e. The molecule has 0 unspecified atom stereocenters. The van der Waals surface area contributed by atoms with E-state index >= 15 is 0 Å². The second-order valence-corrected chi connectivity index (χ2v) is 12.4. The van der Waals surface area contributed by atoms with E-state index in [0.717, 1.165) is 44.4 Å². The van der Waals surface area contributed by atoms with Crippen molar-refractivity contribution in [2.45, 2.75) is 132 Å². The van der Waals surface area contributed by atoms with Crippen molar-refractivity contribution in [1.29, 1.82) is 0 Å².